The number of pyridine rings is 1. The SMILES string of the molecule is CC(Sc1nc(N)cc(Cl)n1)c1cc2c(C(C)(C)C)coc2cn1. The summed E-state index contributed by atoms with van der Waals surface area (Å²) in [5.74, 6) is 0.359. The van der Waals surface area contributed by atoms with Crippen molar-refractivity contribution in [3.63, 3.8) is 0 Å². The summed E-state index contributed by atoms with van der Waals surface area (Å²) < 4.78 is 5.63. The molecule has 7 heteroatoms. The summed E-state index contributed by atoms with van der Waals surface area (Å²) in [5.41, 5.74) is 8.63. The van der Waals surface area contributed by atoms with Crippen molar-refractivity contribution in [3.8, 4) is 0 Å². The fraction of sp³-hybridized carbons (Fsp3) is 0.353. The number of rotatable bonds is 3. The molecular weight excluding hydrogens is 344 g/mol. The van der Waals surface area contributed by atoms with Gasteiger partial charge in [0.25, 0.3) is 0 Å². The number of nitrogens with two attached hydrogens (primary N) is 1. The first-order valence-electron chi connectivity index (χ1n) is 7.58. The molecule has 0 amide bonds. The van der Waals surface area contributed by atoms with Gasteiger partial charge in [0.1, 0.15) is 11.0 Å². The zero-order valence-corrected chi connectivity index (χ0v) is 15.6. The summed E-state index contributed by atoms with van der Waals surface area (Å²) in [5, 5.41) is 2.02. The number of anilines is 1. The third-order valence-corrected chi connectivity index (χ3v) is 4.87. The van der Waals surface area contributed by atoms with E-state index in [4.69, 9.17) is 21.8 Å². The van der Waals surface area contributed by atoms with E-state index < -0.39 is 0 Å². The standard InChI is InChI=1S/C17H19ClN4OS/c1-9(24-16-21-14(18)6-15(19)22-16)12-5-10-11(17(2,3)4)8-23-13(10)7-20-12/h5-9H,1-4H3,(H2,19,21,22). The first-order valence-corrected chi connectivity index (χ1v) is 8.84. The first-order chi connectivity index (χ1) is 11.2. The lowest BCUT2D eigenvalue weighted by Gasteiger charge is -2.17. The van der Waals surface area contributed by atoms with Crippen LogP contribution in [0.25, 0.3) is 11.0 Å². The molecule has 0 aliphatic carbocycles. The summed E-state index contributed by atoms with van der Waals surface area (Å²) in [7, 11) is 0. The van der Waals surface area contributed by atoms with Crippen molar-refractivity contribution < 1.29 is 4.42 Å². The third-order valence-electron chi connectivity index (χ3n) is 3.68. The van der Waals surface area contributed by atoms with Crippen LogP contribution in [0.15, 0.2) is 34.2 Å². The van der Waals surface area contributed by atoms with E-state index in [0.717, 1.165) is 16.7 Å². The van der Waals surface area contributed by atoms with Crippen LogP contribution in [0.2, 0.25) is 5.15 Å². The number of furan rings is 1. The Morgan fingerprint density at radius 1 is 1.25 bits per heavy atom. The maximum absolute atomic E-state index is 5.94. The van der Waals surface area contributed by atoms with E-state index in [1.54, 1.807) is 6.20 Å². The second-order valence-corrected chi connectivity index (χ2v) is 8.36. The summed E-state index contributed by atoms with van der Waals surface area (Å²) in [6, 6.07) is 3.60. The van der Waals surface area contributed by atoms with Gasteiger partial charge in [0.15, 0.2) is 10.7 Å². The van der Waals surface area contributed by atoms with Crippen LogP contribution in [0.4, 0.5) is 5.82 Å². The van der Waals surface area contributed by atoms with E-state index >= 15 is 0 Å². The molecule has 3 heterocycles. The Labute approximate surface area is 150 Å². The van der Waals surface area contributed by atoms with Crippen molar-refractivity contribution in [1.82, 2.24) is 15.0 Å². The van der Waals surface area contributed by atoms with Gasteiger partial charge in [-0.1, -0.05) is 44.1 Å². The van der Waals surface area contributed by atoms with Crippen molar-refractivity contribution in [1.29, 1.82) is 0 Å². The van der Waals surface area contributed by atoms with Crippen molar-refractivity contribution in [3.05, 3.63) is 41.0 Å². The second-order valence-electron chi connectivity index (χ2n) is 6.66. The maximum Gasteiger partial charge on any atom is 0.191 e. The Hall–Kier alpha value is -1.79. The molecule has 0 aliphatic heterocycles. The first kappa shape index (κ1) is 17.0. The van der Waals surface area contributed by atoms with Crippen LogP contribution < -0.4 is 5.73 Å². The highest BCUT2D eigenvalue weighted by atomic mass is 35.5. The molecule has 0 aliphatic rings. The molecule has 0 spiro atoms. The van der Waals surface area contributed by atoms with Gasteiger partial charge in [-0.3, -0.25) is 4.98 Å². The number of fused-ring (bicyclic) bond motifs is 1. The molecule has 5 nitrogen and oxygen atoms in total. The van der Waals surface area contributed by atoms with Crippen LogP contribution in [0.5, 0.6) is 0 Å². The van der Waals surface area contributed by atoms with Gasteiger partial charge in [-0.2, -0.15) is 0 Å². The van der Waals surface area contributed by atoms with Gasteiger partial charge in [0, 0.05) is 17.0 Å². The molecule has 1 atom stereocenters. The van der Waals surface area contributed by atoms with Crippen LogP contribution in [0, 0.1) is 0 Å². The fourth-order valence-corrected chi connectivity index (χ4v) is 3.55. The molecule has 3 rings (SSSR count). The number of thioether (sulfide) groups is 1. The Kier molecular flexibility index (Phi) is 4.44. The van der Waals surface area contributed by atoms with Gasteiger partial charge in [-0.05, 0) is 18.4 Å². The number of nitrogens with zero attached hydrogens (tertiary/aromatic N) is 3. The van der Waals surface area contributed by atoms with E-state index in [-0.39, 0.29) is 10.7 Å². The molecule has 0 fully saturated rings. The molecule has 0 radical (unpaired) electrons. The lowest BCUT2D eigenvalue weighted by atomic mass is 9.87. The molecule has 1 unspecified atom stereocenters. The van der Waals surface area contributed by atoms with Crippen LogP contribution in [-0.2, 0) is 5.41 Å². The van der Waals surface area contributed by atoms with E-state index in [1.807, 2.05) is 6.26 Å². The summed E-state index contributed by atoms with van der Waals surface area (Å²) in [4.78, 5) is 12.9. The van der Waals surface area contributed by atoms with Crippen LogP contribution >= 0.6 is 23.4 Å². The molecule has 3 aromatic rings. The predicted molar refractivity (Wildman–Crippen MR) is 98.4 cm³/mol. The molecule has 0 saturated carbocycles. The average molecular weight is 363 g/mol. The zero-order chi connectivity index (χ0) is 17.5. The number of nitrogen functional groups attached to an aromatic ring is 1. The largest absolute Gasteiger partial charge is 0.462 e. The Morgan fingerprint density at radius 3 is 2.67 bits per heavy atom. The predicted octanol–water partition coefficient (Wildman–Crippen LogP) is 5.00. The fourth-order valence-electron chi connectivity index (χ4n) is 2.44. The minimum atomic E-state index is 0.00473. The lowest BCUT2D eigenvalue weighted by molar-refractivity contribution is 0.557. The molecule has 0 saturated heterocycles. The summed E-state index contributed by atoms with van der Waals surface area (Å²) >= 11 is 7.41. The third kappa shape index (κ3) is 3.49. The van der Waals surface area contributed by atoms with Gasteiger partial charge in [-0.15, -0.1) is 0 Å². The van der Waals surface area contributed by atoms with Crippen LogP contribution in [0.1, 0.15) is 44.2 Å². The van der Waals surface area contributed by atoms with Gasteiger partial charge in [0.2, 0.25) is 0 Å². The minimum Gasteiger partial charge on any atom is -0.462 e. The highest BCUT2D eigenvalue weighted by molar-refractivity contribution is 7.99. The number of hydrogen-bond donors (Lipinski definition) is 1. The van der Waals surface area contributed by atoms with Gasteiger partial charge < -0.3 is 10.2 Å². The Morgan fingerprint density at radius 2 is 2.00 bits per heavy atom. The normalized spacial score (nSPS) is 13.4. The number of halogens is 1. The monoisotopic (exact) mass is 362 g/mol. The zero-order valence-electron chi connectivity index (χ0n) is 14.0. The van der Waals surface area contributed by atoms with Gasteiger partial charge >= 0.3 is 0 Å². The molecular formula is C17H19ClN4OS. The van der Waals surface area contributed by atoms with E-state index in [2.05, 4.69) is 48.7 Å². The molecule has 0 aromatic carbocycles. The molecule has 24 heavy (non-hydrogen) atoms. The van der Waals surface area contributed by atoms with E-state index in [1.165, 1.54) is 23.4 Å². The van der Waals surface area contributed by atoms with E-state index in [0.29, 0.717) is 16.1 Å². The summed E-state index contributed by atoms with van der Waals surface area (Å²) in [6.07, 6.45) is 3.58. The molecule has 0 bridgehead atoms. The van der Waals surface area contributed by atoms with Crippen molar-refractivity contribution in [2.24, 2.45) is 0 Å². The topological polar surface area (TPSA) is 77.8 Å². The van der Waals surface area contributed by atoms with Crippen LogP contribution in [-0.4, -0.2) is 15.0 Å². The molecule has 126 valence electrons. The van der Waals surface area contributed by atoms with Gasteiger partial charge in [0.05, 0.1) is 23.4 Å². The second kappa shape index (κ2) is 6.26. The Bertz CT molecular complexity index is 868. The minimum absolute atomic E-state index is 0.00473. The van der Waals surface area contributed by atoms with Crippen molar-refractivity contribution in [2.45, 2.75) is 43.5 Å². The highest BCUT2D eigenvalue weighted by Gasteiger charge is 2.21. The molecule has 2 N–H and O–H groups in total. The lowest BCUT2D eigenvalue weighted by Crippen LogP contribution is -2.10. The highest BCUT2D eigenvalue weighted by Crippen LogP contribution is 2.36. The van der Waals surface area contributed by atoms with Crippen molar-refractivity contribution in [2.75, 3.05) is 5.73 Å². The number of hydrogen-bond acceptors (Lipinski definition) is 6. The van der Waals surface area contributed by atoms with E-state index in [9.17, 15) is 0 Å². The average Bonchev–Trinajstić information content (AvgIpc) is 2.88. The Balaban J connectivity index is 1.93. The number of aromatic nitrogens is 3. The quantitative estimate of drug-likeness (QED) is 0.401. The maximum atomic E-state index is 5.94. The van der Waals surface area contributed by atoms with Gasteiger partial charge in [-0.25, -0.2) is 9.97 Å². The van der Waals surface area contributed by atoms with Crippen LogP contribution in [0.3, 0.4) is 0 Å². The molecule has 3 aromatic heterocycles. The summed E-state index contributed by atoms with van der Waals surface area (Å²) in [6.45, 7) is 8.55. The van der Waals surface area contributed by atoms with Crippen molar-refractivity contribution >= 4 is 40.1 Å². The smallest absolute Gasteiger partial charge is 0.191 e.